The number of anilines is 2. The summed E-state index contributed by atoms with van der Waals surface area (Å²) in [7, 11) is 0. The van der Waals surface area contributed by atoms with Crippen LogP contribution in [-0.4, -0.2) is 16.0 Å². The fourth-order valence-corrected chi connectivity index (χ4v) is 2.59. The van der Waals surface area contributed by atoms with Gasteiger partial charge in [0, 0.05) is 18.0 Å². The molecule has 3 N–H and O–H groups in total. The van der Waals surface area contributed by atoms with Gasteiger partial charge >= 0.3 is 0 Å². The van der Waals surface area contributed by atoms with Gasteiger partial charge in [0.15, 0.2) is 0 Å². The van der Waals surface area contributed by atoms with Crippen LogP contribution in [-0.2, 0) is 0 Å². The second-order valence-electron chi connectivity index (χ2n) is 5.80. The van der Waals surface area contributed by atoms with Crippen LogP contribution in [0.1, 0.15) is 58.2 Å². The molecule has 1 heterocycles. The summed E-state index contributed by atoms with van der Waals surface area (Å²) in [6, 6.07) is 2.37. The molecule has 1 fully saturated rings. The van der Waals surface area contributed by atoms with Crippen molar-refractivity contribution in [3.63, 3.8) is 0 Å². The standard InChI is InChI=1S/C14H24N4/c1-9(2)14-17-12(15)8-13(18-14)16-11-6-4-5-10(3)7-11/h8-11H,4-7H2,1-3H3,(H3,15,16,17,18). The maximum absolute atomic E-state index is 5.84. The molecule has 1 aliphatic carbocycles. The first-order chi connectivity index (χ1) is 8.54. The van der Waals surface area contributed by atoms with Gasteiger partial charge < -0.3 is 11.1 Å². The molecule has 0 spiro atoms. The molecule has 100 valence electrons. The number of aromatic nitrogens is 2. The van der Waals surface area contributed by atoms with Gasteiger partial charge in [0.2, 0.25) is 0 Å². The quantitative estimate of drug-likeness (QED) is 0.862. The summed E-state index contributed by atoms with van der Waals surface area (Å²) in [5.74, 6) is 3.37. The van der Waals surface area contributed by atoms with Crippen LogP contribution in [0.3, 0.4) is 0 Å². The summed E-state index contributed by atoms with van der Waals surface area (Å²) in [6.45, 7) is 6.49. The Morgan fingerprint density at radius 2 is 2.11 bits per heavy atom. The third-order valence-electron chi connectivity index (χ3n) is 3.57. The molecule has 4 nitrogen and oxygen atoms in total. The van der Waals surface area contributed by atoms with Crippen LogP contribution in [0.5, 0.6) is 0 Å². The van der Waals surface area contributed by atoms with Crippen LogP contribution in [0, 0.1) is 5.92 Å². The zero-order chi connectivity index (χ0) is 13.1. The average Bonchev–Trinajstić information content (AvgIpc) is 2.28. The number of hydrogen-bond donors (Lipinski definition) is 2. The van der Waals surface area contributed by atoms with E-state index in [1.807, 2.05) is 6.07 Å². The Morgan fingerprint density at radius 1 is 1.33 bits per heavy atom. The molecule has 0 radical (unpaired) electrons. The fraction of sp³-hybridized carbons (Fsp3) is 0.714. The molecule has 0 aliphatic heterocycles. The van der Waals surface area contributed by atoms with E-state index in [1.165, 1.54) is 25.7 Å². The molecule has 0 aromatic carbocycles. The Labute approximate surface area is 109 Å². The molecule has 2 unspecified atom stereocenters. The van der Waals surface area contributed by atoms with Gasteiger partial charge in [-0.1, -0.05) is 33.6 Å². The van der Waals surface area contributed by atoms with Crippen molar-refractivity contribution in [3.05, 3.63) is 11.9 Å². The first-order valence-corrected chi connectivity index (χ1v) is 6.95. The summed E-state index contributed by atoms with van der Waals surface area (Å²) < 4.78 is 0. The molecule has 1 saturated carbocycles. The first-order valence-electron chi connectivity index (χ1n) is 6.95. The number of nitrogens with two attached hydrogens (primary N) is 1. The lowest BCUT2D eigenvalue weighted by Crippen LogP contribution is -2.27. The van der Waals surface area contributed by atoms with Crippen molar-refractivity contribution < 1.29 is 0 Å². The normalized spacial score (nSPS) is 24.2. The molecule has 18 heavy (non-hydrogen) atoms. The molecular formula is C14H24N4. The summed E-state index contributed by atoms with van der Waals surface area (Å²) in [5, 5.41) is 3.52. The van der Waals surface area contributed by atoms with E-state index >= 15 is 0 Å². The third-order valence-corrected chi connectivity index (χ3v) is 3.57. The number of nitrogen functional groups attached to an aromatic ring is 1. The maximum atomic E-state index is 5.84. The SMILES string of the molecule is CC1CCCC(Nc2cc(N)nc(C(C)C)n2)C1. The predicted octanol–water partition coefficient (Wildman–Crippen LogP) is 3.17. The second kappa shape index (κ2) is 5.55. The molecule has 0 saturated heterocycles. The van der Waals surface area contributed by atoms with Gasteiger partial charge in [-0.05, 0) is 18.8 Å². The Kier molecular flexibility index (Phi) is 4.04. The molecular weight excluding hydrogens is 224 g/mol. The zero-order valence-corrected chi connectivity index (χ0v) is 11.6. The van der Waals surface area contributed by atoms with Crippen LogP contribution in [0.25, 0.3) is 0 Å². The van der Waals surface area contributed by atoms with E-state index in [0.29, 0.717) is 17.8 Å². The van der Waals surface area contributed by atoms with Gasteiger partial charge in [0.25, 0.3) is 0 Å². The highest BCUT2D eigenvalue weighted by Crippen LogP contribution is 2.26. The van der Waals surface area contributed by atoms with Gasteiger partial charge in [0.1, 0.15) is 17.5 Å². The highest BCUT2D eigenvalue weighted by Gasteiger charge is 2.19. The minimum atomic E-state index is 0.305. The molecule has 1 aromatic heterocycles. The van der Waals surface area contributed by atoms with Gasteiger partial charge in [-0.25, -0.2) is 9.97 Å². The van der Waals surface area contributed by atoms with E-state index in [9.17, 15) is 0 Å². The van der Waals surface area contributed by atoms with Crippen LogP contribution in [0.4, 0.5) is 11.6 Å². The van der Waals surface area contributed by atoms with E-state index in [2.05, 4.69) is 36.1 Å². The van der Waals surface area contributed by atoms with Crippen molar-refractivity contribution >= 4 is 11.6 Å². The number of nitrogens with one attached hydrogen (secondary N) is 1. The smallest absolute Gasteiger partial charge is 0.135 e. The molecule has 0 bridgehead atoms. The number of rotatable bonds is 3. The minimum Gasteiger partial charge on any atom is -0.384 e. The largest absolute Gasteiger partial charge is 0.384 e. The van der Waals surface area contributed by atoms with Gasteiger partial charge in [-0.15, -0.1) is 0 Å². The Balaban J connectivity index is 2.08. The number of hydrogen-bond acceptors (Lipinski definition) is 4. The lowest BCUT2D eigenvalue weighted by atomic mass is 9.87. The molecule has 1 aromatic rings. The summed E-state index contributed by atoms with van der Waals surface area (Å²) >= 11 is 0. The van der Waals surface area contributed by atoms with Crippen LogP contribution in [0.15, 0.2) is 6.07 Å². The predicted molar refractivity (Wildman–Crippen MR) is 75.6 cm³/mol. The van der Waals surface area contributed by atoms with E-state index in [0.717, 1.165) is 17.6 Å². The first kappa shape index (κ1) is 13.1. The van der Waals surface area contributed by atoms with Crippen molar-refractivity contribution in [1.82, 2.24) is 9.97 Å². The fourth-order valence-electron chi connectivity index (χ4n) is 2.59. The van der Waals surface area contributed by atoms with Crippen molar-refractivity contribution in [3.8, 4) is 0 Å². The summed E-state index contributed by atoms with van der Waals surface area (Å²) in [4.78, 5) is 8.82. The molecule has 0 amide bonds. The van der Waals surface area contributed by atoms with E-state index in [4.69, 9.17) is 5.73 Å². The van der Waals surface area contributed by atoms with Crippen LogP contribution >= 0.6 is 0 Å². The summed E-state index contributed by atoms with van der Waals surface area (Å²) in [5.41, 5.74) is 5.84. The van der Waals surface area contributed by atoms with Crippen LogP contribution < -0.4 is 11.1 Å². The maximum Gasteiger partial charge on any atom is 0.135 e. The third kappa shape index (κ3) is 3.34. The van der Waals surface area contributed by atoms with Crippen molar-refractivity contribution in [1.29, 1.82) is 0 Å². The minimum absolute atomic E-state index is 0.305. The number of nitrogens with zero attached hydrogens (tertiary/aromatic N) is 2. The molecule has 2 rings (SSSR count). The summed E-state index contributed by atoms with van der Waals surface area (Å²) in [6.07, 6.45) is 5.10. The second-order valence-corrected chi connectivity index (χ2v) is 5.80. The Morgan fingerprint density at radius 3 is 2.78 bits per heavy atom. The van der Waals surface area contributed by atoms with Gasteiger partial charge in [-0.2, -0.15) is 0 Å². The lowest BCUT2D eigenvalue weighted by molar-refractivity contribution is 0.358. The van der Waals surface area contributed by atoms with Gasteiger partial charge in [0.05, 0.1) is 0 Å². The van der Waals surface area contributed by atoms with Crippen molar-refractivity contribution in [2.75, 3.05) is 11.1 Å². The average molecular weight is 248 g/mol. The lowest BCUT2D eigenvalue weighted by Gasteiger charge is -2.28. The molecule has 4 heteroatoms. The van der Waals surface area contributed by atoms with E-state index < -0.39 is 0 Å². The van der Waals surface area contributed by atoms with E-state index in [-0.39, 0.29) is 0 Å². The Hall–Kier alpha value is -1.32. The molecule has 1 aliphatic rings. The highest BCUT2D eigenvalue weighted by atomic mass is 15.1. The van der Waals surface area contributed by atoms with E-state index in [1.54, 1.807) is 0 Å². The van der Waals surface area contributed by atoms with Crippen molar-refractivity contribution in [2.24, 2.45) is 5.92 Å². The van der Waals surface area contributed by atoms with Crippen LogP contribution in [0.2, 0.25) is 0 Å². The van der Waals surface area contributed by atoms with Crippen molar-refractivity contribution in [2.45, 2.75) is 58.4 Å². The Bertz CT molecular complexity index is 403. The monoisotopic (exact) mass is 248 g/mol. The topological polar surface area (TPSA) is 63.8 Å². The highest BCUT2D eigenvalue weighted by molar-refractivity contribution is 5.45. The zero-order valence-electron chi connectivity index (χ0n) is 11.6. The molecule has 2 atom stereocenters. The van der Waals surface area contributed by atoms with Gasteiger partial charge in [-0.3, -0.25) is 0 Å².